The summed E-state index contributed by atoms with van der Waals surface area (Å²) in [5.41, 5.74) is 0. The van der Waals surface area contributed by atoms with Crippen molar-refractivity contribution in [2.24, 2.45) is 0 Å². The van der Waals surface area contributed by atoms with E-state index in [1.54, 1.807) is 14.2 Å². The minimum atomic E-state index is 0.570. The van der Waals surface area contributed by atoms with E-state index < -0.39 is 0 Å². The second-order valence-electron chi connectivity index (χ2n) is 5.35. The first-order chi connectivity index (χ1) is 11.7. The standard InChI is InChI=1S/C20H22O4/c1-5-23-18-12-15-14(11-17(18)22-4)8-7-13-9-10-16(21-3)20(19(13)15)24-6-2/h7-12H,5-6H2,1-4H3. The van der Waals surface area contributed by atoms with E-state index in [0.717, 1.165) is 44.5 Å². The molecule has 0 aromatic heterocycles. The molecule has 0 saturated heterocycles. The van der Waals surface area contributed by atoms with Crippen LogP contribution in [-0.2, 0) is 0 Å². The van der Waals surface area contributed by atoms with Gasteiger partial charge in [-0.05, 0) is 48.2 Å². The molecule has 0 aliphatic carbocycles. The molecule has 0 heterocycles. The maximum atomic E-state index is 5.91. The molecule has 0 atom stereocenters. The van der Waals surface area contributed by atoms with E-state index in [9.17, 15) is 0 Å². The lowest BCUT2D eigenvalue weighted by molar-refractivity contribution is 0.311. The van der Waals surface area contributed by atoms with Crippen LogP contribution in [0.3, 0.4) is 0 Å². The Balaban J connectivity index is 2.40. The molecular formula is C20H22O4. The summed E-state index contributed by atoms with van der Waals surface area (Å²) in [4.78, 5) is 0. The molecular weight excluding hydrogens is 304 g/mol. The lowest BCUT2D eigenvalue weighted by atomic mass is 10.00. The van der Waals surface area contributed by atoms with Crippen LogP contribution in [0.25, 0.3) is 21.5 Å². The third-order valence-corrected chi connectivity index (χ3v) is 4.01. The maximum absolute atomic E-state index is 5.91. The summed E-state index contributed by atoms with van der Waals surface area (Å²) in [6.45, 7) is 5.08. The monoisotopic (exact) mass is 326 g/mol. The first-order valence-corrected chi connectivity index (χ1v) is 8.10. The lowest BCUT2D eigenvalue weighted by Crippen LogP contribution is -1.98. The van der Waals surface area contributed by atoms with Crippen LogP contribution >= 0.6 is 0 Å². The number of rotatable bonds is 6. The topological polar surface area (TPSA) is 36.9 Å². The van der Waals surface area contributed by atoms with Crippen LogP contribution < -0.4 is 18.9 Å². The van der Waals surface area contributed by atoms with E-state index in [1.165, 1.54) is 0 Å². The normalized spacial score (nSPS) is 10.8. The van der Waals surface area contributed by atoms with Gasteiger partial charge in [-0.15, -0.1) is 0 Å². The summed E-state index contributed by atoms with van der Waals surface area (Å²) >= 11 is 0. The molecule has 0 unspecified atom stereocenters. The second kappa shape index (κ2) is 6.87. The minimum Gasteiger partial charge on any atom is -0.493 e. The van der Waals surface area contributed by atoms with Crippen LogP contribution in [0.15, 0.2) is 36.4 Å². The first-order valence-electron chi connectivity index (χ1n) is 8.10. The highest BCUT2D eigenvalue weighted by Gasteiger charge is 2.15. The quantitative estimate of drug-likeness (QED) is 0.609. The van der Waals surface area contributed by atoms with E-state index in [1.807, 2.05) is 38.1 Å². The molecule has 3 aromatic carbocycles. The molecule has 0 spiro atoms. The number of ether oxygens (including phenoxy) is 4. The Kier molecular flexibility index (Phi) is 4.65. The van der Waals surface area contributed by atoms with Crippen LogP contribution in [0.4, 0.5) is 0 Å². The molecule has 126 valence electrons. The Hall–Kier alpha value is -2.62. The maximum Gasteiger partial charge on any atom is 0.169 e. The minimum absolute atomic E-state index is 0.570. The average Bonchev–Trinajstić information content (AvgIpc) is 2.61. The zero-order chi connectivity index (χ0) is 17.1. The fourth-order valence-electron chi connectivity index (χ4n) is 2.98. The molecule has 3 rings (SSSR count). The summed E-state index contributed by atoms with van der Waals surface area (Å²) in [5.74, 6) is 2.94. The third-order valence-electron chi connectivity index (χ3n) is 4.01. The molecule has 0 fully saturated rings. The average molecular weight is 326 g/mol. The molecule has 4 heteroatoms. The zero-order valence-electron chi connectivity index (χ0n) is 14.5. The molecule has 0 radical (unpaired) electrons. The largest absolute Gasteiger partial charge is 0.493 e. The van der Waals surface area contributed by atoms with Crippen molar-refractivity contribution >= 4 is 21.5 Å². The molecule has 24 heavy (non-hydrogen) atoms. The van der Waals surface area contributed by atoms with Crippen LogP contribution in [0.2, 0.25) is 0 Å². The SMILES string of the molecule is CCOc1cc2c(ccc3ccc(OC)c(OCC)c32)cc1OC. The van der Waals surface area contributed by atoms with E-state index in [2.05, 4.69) is 12.1 Å². The summed E-state index contributed by atoms with van der Waals surface area (Å²) in [7, 11) is 3.31. The molecule has 0 aliphatic heterocycles. The Morgan fingerprint density at radius 2 is 1.38 bits per heavy atom. The Labute approximate surface area is 141 Å². The molecule has 3 aromatic rings. The summed E-state index contributed by atoms with van der Waals surface area (Å²) in [6.07, 6.45) is 0. The van der Waals surface area contributed by atoms with Gasteiger partial charge in [0.05, 0.1) is 27.4 Å². The van der Waals surface area contributed by atoms with Gasteiger partial charge in [-0.2, -0.15) is 0 Å². The number of methoxy groups -OCH3 is 2. The highest BCUT2D eigenvalue weighted by molar-refractivity contribution is 6.12. The van der Waals surface area contributed by atoms with Gasteiger partial charge < -0.3 is 18.9 Å². The van der Waals surface area contributed by atoms with Crippen molar-refractivity contribution in [1.82, 2.24) is 0 Å². The lowest BCUT2D eigenvalue weighted by Gasteiger charge is -2.16. The molecule has 0 amide bonds. The number of fused-ring (bicyclic) bond motifs is 3. The van der Waals surface area contributed by atoms with Crippen LogP contribution in [0, 0.1) is 0 Å². The van der Waals surface area contributed by atoms with Crippen molar-refractivity contribution in [3.05, 3.63) is 36.4 Å². The number of hydrogen-bond acceptors (Lipinski definition) is 4. The van der Waals surface area contributed by atoms with Crippen LogP contribution in [-0.4, -0.2) is 27.4 Å². The highest BCUT2D eigenvalue weighted by atomic mass is 16.5. The van der Waals surface area contributed by atoms with Gasteiger partial charge in [0, 0.05) is 5.39 Å². The highest BCUT2D eigenvalue weighted by Crippen LogP contribution is 2.42. The van der Waals surface area contributed by atoms with E-state index >= 15 is 0 Å². The Morgan fingerprint density at radius 3 is 2.04 bits per heavy atom. The van der Waals surface area contributed by atoms with Gasteiger partial charge in [-0.3, -0.25) is 0 Å². The van der Waals surface area contributed by atoms with Crippen molar-refractivity contribution in [2.45, 2.75) is 13.8 Å². The summed E-state index contributed by atoms with van der Waals surface area (Å²) < 4.78 is 22.6. The predicted molar refractivity (Wildman–Crippen MR) is 96.9 cm³/mol. The second-order valence-corrected chi connectivity index (χ2v) is 5.35. The van der Waals surface area contributed by atoms with Crippen molar-refractivity contribution in [2.75, 3.05) is 27.4 Å². The van der Waals surface area contributed by atoms with E-state index in [-0.39, 0.29) is 0 Å². The predicted octanol–water partition coefficient (Wildman–Crippen LogP) is 4.81. The summed E-state index contributed by atoms with van der Waals surface area (Å²) in [6, 6.07) is 12.2. The van der Waals surface area contributed by atoms with Crippen LogP contribution in [0.5, 0.6) is 23.0 Å². The zero-order valence-corrected chi connectivity index (χ0v) is 14.5. The fourth-order valence-corrected chi connectivity index (χ4v) is 2.98. The molecule has 0 bridgehead atoms. The van der Waals surface area contributed by atoms with Gasteiger partial charge >= 0.3 is 0 Å². The van der Waals surface area contributed by atoms with Gasteiger partial charge in [0.15, 0.2) is 23.0 Å². The van der Waals surface area contributed by atoms with Gasteiger partial charge in [0.2, 0.25) is 0 Å². The van der Waals surface area contributed by atoms with Gasteiger partial charge in [-0.25, -0.2) is 0 Å². The molecule has 0 saturated carbocycles. The molecule has 0 aliphatic rings. The van der Waals surface area contributed by atoms with Gasteiger partial charge in [0.1, 0.15) is 0 Å². The molecule has 4 nitrogen and oxygen atoms in total. The van der Waals surface area contributed by atoms with Crippen molar-refractivity contribution in [3.63, 3.8) is 0 Å². The summed E-state index contributed by atoms with van der Waals surface area (Å²) in [5, 5.41) is 4.24. The Bertz CT molecular complexity index is 871. The van der Waals surface area contributed by atoms with Gasteiger partial charge in [0.25, 0.3) is 0 Å². The number of hydrogen-bond donors (Lipinski definition) is 0. The number of benzene rings is 3. The van der Waals surface area contributed by atoms with Crippen molar-refractivity contribution < 1.29 is 18.9 Å². The van der Waals surface area contributed by atoms with E-state index in [0.29, 0.717) is 13.2 Å². The third kappa shape index (κ3) is 2.68. The fraction of sp³-hybridized carbons (Fsp3) is 0.300. The smallest absolute Gasteiger partial charge is 0.169 e. The molecule has 0 N–H and O–H groups in total. The van der Waals surface area contributed by atoms with Gasteiger partial charge in [-0.1, -0.05) is 18.2 Å². The van der Waals surface area contributed by atoms with Crippen molar-refractivity contribution in [1.29, 1.82) is 0 Å². The first kappa shape index (κ1) is 16.2. The Morgan fingerprint density at radius 1 is 0.708 bits per heavy atom. The van der Waals surface area contributed by atoms with E-state index in [4.69, 9.17) is 18.9 Å². The van der Waals surface area contributed by atoms with Crippen LogP contribution in [0.1, 0.15) is 13.8 Å². The van der Waals surface area contributed by atoms with Crippen molar-refractivity contribution in [3.8, 4) is 23.0 Å².